The second-order valence-corrected chi connectivity index (χ2v) is 3.97. The van der Waals surface area contributed by atoms with Crippen LogP contribution in [0.1, 0.15) is 16.1 Å². The third-order valence-electron chi connectivity index (χ3n) is 2.34. The minimum atomic E-state index is -1.13. The molecule has 4 nitrogen and oxygen atoms in total. The number of carbonyl (C=O) groups is 1. The summed E-state index contributed by atoms with van der Waals surface area (Å²) in [6.45, 7) is 0.250. The Morgan fingerprint density at radius 3 is 2.89 bits per heavy atom. The Bertz CT molecular complexity index is 582. The van der Waals surface area contributed by atoms with Crippen LogP contribution in [-0.2, 0) is 6.54 Å². The highest BCUT2D eigenvalue weighted by atomic mass is 35.5. The molecule has 0 aliphatic carbocycles. The summed E-state index contributed by atoms with van der Waals surface area (Å²) in [5.74, 6) is -1.75. The lowest BCUT2D eigenvalue weighted by atomic mass is 10.2. The number of hydrogen-bond donors (Lipinski definition) is 2. The van der Waals surface area contributed by atoms with Gasteiger partial charge in [0.1, 0.15) is 5.82 Å². The topological polar surface area (TPSA) is 62.5 Å². The highest BCUT2D eigenvalue weighted by Crippen LogP contribution is 2.20. The molecule has 0 fully saturated rings. The van der Waals surface area contributed by atoms with Crippen molar-refractivity contribution in [1.82, 2.24) is 0 Å². The maximum atomic E-state index is 12.9. The van der Waals surface area contributed by atoms with Gasteiger partial charge in [0.2, 0.25) is 5.76 Å². The lowest BCUT2D eigenvalue weighted by molar-refractivity contribution is 0.0661. The molecule has 0 bridgehead atoms. The lowest BCUT2D eigenvalue weighted by Gasteiger charge is -2.06. The number of hydrogen-bond acceptors (Lipinski definition) is 3. The van der Waals surface area contributed by atoms with Gasteiger partial charge in [0.15, 0.2) is 0 Å². The molecule has 0 aliphatic rings. The fourth-order valence-electron chi connectivity index (χ4n) is 1.47. The molecule has 2 aromatic rings. The van der Waals surface area contributed by atoms with E-state index in [1.807, 2.05) is 0 Å². The van der Waals surface area contributed by atoms with Crippen LogP contribution in [0, 0.1) is 5.82 Å². The lowest BCUT2D eigenvalue weighted by Crippen LogP contribution is -2.04. The first-order valence-electron chi connectivity index (χ1n) is 5.06. The van der Waals surface area contributed by atoms with Crippen LogP contribution in [0.15, 0.2) is 34.9 Å². The molecule has 2 N–H and O–H groups in total. The van der Waals surface area contributed by atoms with Crippen LogP contribution in [-0.4, -0.2) is 11.1 Å². The predicted molar refractivity (Wildman–Crippen MR) is 64.4 cm³/mol. The predicted octanol–water partition coefficient (Wildman–Crippen LogP) is 3.38. The third-order valence-corrected chi connectivity index (χ3v) is 2.63. The van der Waals surface area contributed by atoms with Crippen LogP contribution < -0.4 is 5.32 Å². The molecule has 2 rings (SSSR count). The van der Waals surface area contributed by atoms with Gasteiger partial charge in [0.25, 0.3) is 0 Å². The third kappa shape index (κ3) is 2.62. The zero-order chi connectivity index (χ0) is 13.1. The summed E-state index contributed by atoms with van der Waals surface area (Å²) in [5, 5.41) is 11.8. The van der Waals surface area contributed by atoms with E-state index in [1.54, 1.807) is 6.07 Å². The van der Waals surface area contributed by atoms with Crippen LogP contribution in [0.25, 0.3) is 0 Å². The molecule has 0 saturated heterocycles. The number of carboxylic acids is 1. The minimum absolute atomic E-state index is 0.00523. The van der Waals surface area contributed by atoms with Crippen molar-refractivity contribution in [2.45, 2.75) is 6.54 Å². The molecule has 0 saturated carbocycles. The van der Waals surface area contributed by atoms with Crippen molar-refractivity contribution in [3.63, 3.8) is 0 Å². The summed E-state index contributed by atoms with van der Waals surface area (Å²) in [6.07, 6.45) is 1.30. The van der Waals surface area contributed by atoms with Crippen molar-refractivity contribution in [2.24, 2.45) is 0 Å². The van der Waals surface area contributed by atoms with Crippen molar-refractivity contribution in [3.8, 4) is 0 Å². The second-order valence-electron chi connectivity index (χ2n) is 3.56. The summed E-state index contributed by atoms with van der Waals surface area (Å²) in [5.41, 5.74) is 1.10. The first-order chi connectivity index (χ1) is 8.58. The minimum Gasteiger partial charge on any atom is -0.475 e. The highest BCUT2D eigenvalue weighted by molar-refractivity contribution is 6.31. The van der Waals surface area contributed by atoms with E-state index in [2.05, 4.69) is 5.32 Å². The van der Waals surface area contributed by atoms with E-state index in [0.717, 1.165) is 0 Å². The van der Waals surface area contributed by atoms with E-state index in [-0.39, 0.29) is 17.3 Å². The maximum absolute atomic E-state index is 12.9. The molecule has 0 spiro atoms. The molecule has 1 aromatic heterocycles. The number of furan rings is 1. The van der Waals surface area contributed by atoms with Crippen molar-refractivity contribution >= 4 is 23.3 Å². The monoisotopic (exact) mass is 269 g/mol. The molecule has 18 heavy (non-hydrogen) atoms. The molecule has 6 heteroatoms. The SMILES string of the molecule is O=C(O)c1occc1CNc1ccc(F)c(Cl)c1. The summed E-state index contributed by atoms with van der Waals surface area (Å²) in [4.78, 5) is 10.8. The van der Waals surface area contributed by atoms with Gasteiger partial charge in [-0.1, -0.05) is 11.6 Å². The van der Waals surface area contributed by atoms with Crippen LogP contribution in [0.4, 0.5) is 10.1 Å². The Labute approximate surface area is 107 Å². The second kappa shape index (κ2) is 5.10. The van der Waals surface area contributed by atoms with Crippen molar-refractivity contribution in [1.29, 1.82) is 0 Å². The molecule has 0 radical (unpaired) electrons. The molecule has 0 atom stereocenters. The number of rotatable bonds is 4. The molecule has 94 valence electrons. The standard InChI is InChI=1S/C12H9ClFNO3/c13-9-5-8(1-2-10(9)14)15-6-7-3-4-18-11(7)12(16)17/h1-5,15H,6H2,(H,16,17). The molecule has 1 heterocycles. The average molecular weight is 270 g/mol. The summed E-state index contributed by atoms with van der Waals surface area (Å²) >= 11 is 5.63. The summed E-state index contributed by atoms with van der Waals surface area (Å²) in [6, 6.07) is 5.73. The van der Waals surface area contributed by atoms with Crippen LogP contribution in [0.3, 0.4) is 0 Å². The molecular formula is C12H9ClFNO3. The van der Waals surface area contributed by atoms with E-state index in [9.17, 15) is 9.18 Å². The van der Waals surface area contributed by atoms with Gasteiger partial charge in [-0.05, 0) is 24.3 Å². The van der Waals surface area contributed by atoms with Gasteiger partial charge in [0.05, 0.1) is 11.3 Å². The molecule has 0 amide bonds. The Kier molecular flexibility index (Phi) is 3.53. The first-order valence-corrected chi connectivity index (χ1v) is 5.44. The van der Waals surface area contributed by atoms with E-state index >= 15 is 0 Å². The maximum Gasteiger partial charge on any atom is 0.372 e. The Hall–Kier alpha value is -2.01. The fraction of sp³-hybridized carbons (Fsp3) is 0.0833. The Morgan fingerprint density at radius 1 is 1.44 bits per heavy atom. The Morgan fingerprint density at radius 2 is 2.22 bits per heavy atom. The van der Waals surface area contributed by atoms with Crippen molar-refractivity contribution < 1.29 is 18.7 Å². The van der Waals surface area contributed by atoms with Crippen molar-refractivity contribution in [2.75, 3.05) is 5.32 Å². The largest absolute Gasteiger partial charge is 0.475 e. The molecule has 0 unspecified atom stereocenters. The summed E-state index contributed by atoms with van der Waals surface area (Å²) in [7, 11) is 0. The van der Waals surface area contributed by atoms with Gasteiger partial charge in [-0.3, -0.25) is 0 Å². The number of anilines is 1. The Balaban J connectivity index is 2.09. The molecule has 0 aliphatic heterocycles. The number of carboxylic acid groups (broad SMARTS) is 1. The van der Waals surface area contributed by atoms with Crippen LogP contribution in [0.5, 0.6) is 0 Å². The van der Waals surface area contributed by atoms with E-state index in [0.29, 0.717) is 11.3 Å². The summed E-state index contributed by atoms with van der Waals surface area (Å²) < 4.78 is 17.8. The number of aromatic carboxylic acids is 1. The average Bonchev–Trinajstić information content (AvgIpc) is 2.79. The van der Waals surface area contributed by atoms with E-state index in [4.69, 9.17) is 21.1 Å². The van der Waals surface area contributed by atoms with Gasteiger partial charge in [-0.2, -0.15) is 0 Å². The van der Waals surface area contributed by atoms with Gasteiger partial charge in [-0.25, -0.2) is 9.18 Å². The van der Waals surface area contributed by atoms with E-state index in [1.165, 1.54) is 24.5 Å². The van der Waals surface area contributed by atoms with Crippen LogP contribution in [0.2, 0.25) is 5.02 Å². The number of halogens is 2. The van der Waals surface area contributed by atoms with Gasteiger partial charge in [-0.15, -0.1) is 0 Å². The van der Waals surface area contributed by atoms with Gasteiger partial charge < -0.3 is 14.8 Å². The van der Waals surface area contributed by atoms with Crippen LogP contribution >= 0.6 is 11.6 Å². The van der Waals surface area contributed by atoms with Gasteiger partial charge in [0, 0.05) is 17.8 Å². The molecular weight excluding hydrogens is 261 g/mol. The number of nitrogens with one attached hydrogen (secondary N) is 1. The van der Waals surface area contributed by atoms with Crippen molar-refractivity contribution in [3.05, 3.63) is 52.7 Å². The smallest absolute Gasteiger partial charge is 0.372 e. The van der Waals surface area contributed by atoms with Gasteiger partial charge >= 0.3 is 5.97 Å². The zero-order valence-electron chi connectivity index (χ0n) is 9.11. The molecule has 1 aromatic carbocycles. The number of benzene rings is 1. The normalized spacial score (nSPS) is 10.3. The van der Waals surface area contributed by atoms with E-state index < -0.39 is 11.8 Å². The zero-order valence-corrected chi connectivity index (χ0v) is 9.87. The quantitative estimate of drug-likeness (QED) is 0.893. The first kappa shape index (κ1) is 12.4. The fourth-order valence-corrected chi connectivity index (χ4v) is 1.65. The highest BCUT2D eigenvalue weighted by Gasteiger charge is 2.13.